The highest BCUT2D eigenvalue weighted by Crippen LogP contribution is 2.29. The minimum absolute atomic E-state index is 0.159. The van der Waals surface area contributed by atoms with Gasteiger partial charge in [0.2, 0.25) is 0 Å². The summed E-state index contributed by atoms with van der Waals surface area (Å²) in [6.07, 6.45) is 0.779. The van der Waals surface area contributed by atoms with Crippen LogP contribution in [0.4, 0.5) is 0 Å². The predicted molar refractivity (Wildman–Crippen MR) is 84.6 cm³/mol. The zero-order chi connectivity index (χ0) is 14.7. The number of rotatable bonds is 5. The molecule has 0 aliphatic carbocycles. The van der Waals surface area contributed by atoms with E-state index in [0.29, 0.717) is 10.0 Å². The zero-order valence-corrected chi connectivity index (χ0v) is 13.5. The highest BCUT2D eigenvalue weighted by atomic mass is 35.5. The van der Waals surface area contributed by atoms with Gasteiger partial charge in [-0.15, -0.1) is 0 Å². The van der Waals surface area contributed by atoms with E-state index in [1.807, 2.05) is 36.9 Å². The molecule has 5 heteroatoms. The normalized spacial score (nSPS) is 12.7. The third-order valence-electron chi connectivity index (χ3n) is 3.39. The molecule has 0 radical (unpaired) electrons. The maximum absolute atomic E-state index is 6.28. The molecular weight excluding hydrogens is 293 g/mol. The molecule has 2 aromatic rings. The third-order valence-corrected chi connectivity index (χ3v) is 4.25. The summed E-state index contributed by atoms with van der Waals surface area (Å²) in [5.41, 5.74) is 3.24. The first-order chi connectivity index (χ1) is 9.56. The summed E-state index contributed by atoms with van der Waals surface area (Å²) < 4.78 is 2.02. The lowest BCUT2D eigenvalue weighted by Gasteiger charge is -2.18. The van der Waals surface area contributed by atoms with Crippen LogP contribution in [0.5, 0.6) is 0 Å². The molecule has 108 valence electrons. The van der Waals surface area contributed by atoms with Gasteiger partial charge in [-0.2, -0.15) is 5.10 Å². The number of likely N-dealkylation sites (N-methyl/N-ethyl adjacent to an activating group) is 1. The summed E-state index contributed by atoms with van der Waals surface area (Å²) in [4.78, 5) is 0. The molecule has 0 saturated carbocycles. The first kappa shape index (κ1) is 15.4. The molecule has 1 aromatic heterocycles. The summed E-state index contributed by atoms with van der Waals surface area (Å²) in [5.74, 6) is 0. The first-order valence-corrected chi connectivity index (χ1v) is 7.46. The molecule has 1 aromatic carbocycles. The molecular formula is C15H19Cl2N3. The van der Waals surface area contributed by atoms with E-state index in [0.717, 1.165) is 24.2 Å². The van der Waals surface area contributed by atoms with Gasteiger partial charge < -0.3 is 5.32 Å². The molecule has 20 heavy (non-hydrogen) atoms. The Morgan fingerprint density at radius 3 is 2.75 bits per heavy atom. The van der Waals surface area contributed by atoms with Crippen LogP contribution in [-0.2, 0) is 13.0 Å². The van der Waals surface area contributed by atoms with Crippen LogP contribution >= 0.6 is 23.2 Å². The Morgan fingerprint density at radius 2 is 2.10 bits per heavy atom. The second-order valence-electron chi connectivity index (χ2n) is 4.78. The third kappa shape index (κ3) is 3.17. The molecule has 1 heterocycles. The van der Waals surface area contributed by atoms with Gasteiger partial charge in [0.15, 0.2) is 0 Å². The van der Waals surface area contributed by atoms with Gasteiger partial charge in [-0.05, 0) is 45.0 Å². The van der Waals surface area contributed by atoms with E-state index in [-0.39, 0.29) is 6.04 Å². The molecule has 2 rings (SSSR count). The smallest absolute Gasteiger partial charge is 0.0625 e. The fourth-order valence-corrected chi connectivity index (χ4v) is 2.78. The number of aromatic nitrogens is 2. The maximum atomic E-state index is 6.28. The van der Waals surface area contributed by atoms with E-state index >= 15 is 0 Å². The largest absolute Gasteiger partial charge is 0.311 e. The number of benzene rings is 1. The summed E-state index contributed by atoms with van der Waals surface area (Å²) in [5, 5.41) is 9.07. The van der Waals surface area contributed by atoms with Gasteiger partial charge in [0, 0.05) is 6.54 Å². The van der Waals surface area contributed by atoms with Crippen molar-refractivity contribution in [2.45, 2.75) is 32.9 Å². The summed E-state index contributed by atoms with van der Waals surface area (Å²) in [6.45, 7) is 4.95. The average molecular weight is 312 g/mol. The Labute approximate surface area is 129 Å². The second-order valence-corrected chi connectivity index (χ2v) is 5.57. The Morgan fingerprint density at radius 1 is 1.35 bits per heavy atom. The molecule has 0 bridgehead atoms. The molecule has 0 spiro atoms. The molecule has 3 nitrogen and oxygen atoms in total. The van der Waals surface area contributed by atoms with E-state index in [9.17, 15) is 0 Å². The van der Waals surface area contributed by atoms with Crippen LogP contribution in [0, 0.1) is 6.92 Å². The van der Waals surface area contributed by atoms with E-state index in [2.05, 4.69) is 23.4 Å². The monoisotopic (exact) mass is 311 g/mol. The van der Waals surface area contributed by atoms with Crippen molar-refractivity contribution in [1.29, 1.82) is 0 Å². The van der Waals surface area contributed by atoms with Crippen molar-refractivity contribution in [2.24, 2.45) is 0 Å². The van der Waals surface area contributed by atoms with Crippen molar-refractivity contribution in [1.82, 2.24) is 15.1 Å². The Bertz CT molecular complexity index is 593. The number of aryl methyl sites for hydroxylation is 2. The minimum Gasteiger partial charge on any atom is -0.311 e. The highest BCUT2D eigenvalue weighted by molar-refractivity contribution is 6.42. The fraction of sp³-hybridized carbons (Fsp3) is 0.400. The first-order valence-electron chi connectivity index (χ1n) is 6.71. The summed E-state index contributed by atoms with van der Waals surface area (Å²) >= 11 is 12.4. The van der Waals surface area contributed by atoms with Crippen molar-refractivity contribution in [3.8, 4) is 0 Å². The second kappa shape index (κ2) is 6.61. The SMILES string of the molecule is CCn1nc(C)cc1C(Cc1cccc(Cl)c1Cl)NC. The maximum Gasteiger partial charge on any atom is 0.0625 e. The van der Waals surface area contributed by atoms with Gasteiger partial charge in [0.1, 0.15) is 0 Å². The summed E-state index contributed by atoms with van der Waals surface area (Å²) in [6, 6.07) is 8.02. The Hall–Kier alpha value is -1.03. The molecule has 0 saturated heterocycles. The Balaban J connectivity index is 2.31. The van der Waals surface area contributed by atoms with Gasteiger partial charge in [0.25, 0.3) is 0 Å². The van der Waals surface area contributed by atoms with Crippen LogP contribution in [0.25, 0.3) is 0 Å². The number of halogens is 2. The molecule has 1 atom stereocenters. The van der Waals surface area contributed by atoms with Gasteiger partial charge in [-0.1, -0.05) is 35.3 Å². The molecule has 1 unspecified atom stereocenters. The number of hydrogen-bond acceptors (Lipinski definition) is 2. The molecule has 0 fully saturated rings. The van der Waals surface area contributed by atoms with Crippen molar-refractivity contribution in [2.75, 3.05) is 7.05 Å². The van der Waals surface area contributed by atoms with Crippen molar-refractivity contribution in [3.63, 3.8) is 0 Å². The lowest BCUT2D eigenvalue weighted by Crippen LogP contribution is -2.22. The fourth-order valence-electron chi connectivity index (χ4n) is 2.38. The number of hydrogen-bond donors (Lipinski definition) is 1. The van der Waals surface area contributed by atoms with Crippen LogP contribution in [-0.4, -0.2) is 16.8 Å². The quantitative estimate of drug-likeness (QED) is 0.903. The number of nitrogens with one attached hydrogen (secondary N) is 1. The highest BCUT2D eigenvalue weighted by Gasteiger charge is 2.17. The van der Waals surface area contributed by atoms with Crippen LogP contribution in [0.3, 0.4) is 0 Å². The minimum atomic E-state index is 0.159. The lowest BCUT2D eigenvalue weighted by molar-refractivity contribution is 0.513. The van der Waals surface area contributed by atoms with E-state index in [4.69, 9.17) is 23.2 Å². The van der Waals surface area contributed by atoms with Crippen LogP contribution in [0.1, 0.15) is 29.9 Å². The molecule has 0 amide bonds. The van der Waals surface area contributed by atoms with E-state index in [1.54, 1.807) is 0 Å². The zero-order valence-electron chi connectivity index (χ0n) is 12.0. The number of nitrogens with zero attached hydrogens (tertiary/aromatic N) is 2. The average Bonchev–Trinajstić information content (AvgIpc) is 2.81. The molecule has 0 aliphatic heterocycles. The topological polar surface area (TPSA) is 29.9 Å². The molecule has 1 N–H and O–H groups in total. The van der Waals surface area contributed by atoms with Crippen molar-refractivity contribution in [3.05, 3.63) is 51.3 Å². The van der Waals surface area contributed by atoms with E-state index < -0.39 is 0 Å². The van der Waals surface area contributed by atoms with Crippen molar-refractivity contribution < 1.29 is 0 Å². The van der Waals surface area contributed by atoms with E-state index in [1.165, 1.54) is 5.69 Å². The van der Waals surface area contributed by atoms with Crippen LogP contribution < -0.4 is 5.32 Å². The van der Waals surface area contributed by atoms with Crippen LogP contribution in [0.15, 0.2) is 24.3 Å². The predicted octanol–water partition coefficient (Wildman–Crippen LogP) is 4.02. The van der Waals surface area contributed by atoms with Gasteiger partial charge in [-0.3, -0.25) is 4.68 Å². The molecule has 0 aliphatic rings. The standard InChI is InChI=1S/C15H19Cl2N3/c1-4-20-14(8-10(2)19-20)13(18-3)9-11-6-5-7-12(16)15(11)17/h5-8,13,18H,4,9H2,1-3H3. The Kier molecular flexibility index (Phi) is 5.08. The van der Waals surface area contributed by atoms with Crippen LogP contribution in [0.2, 0.25) is 10.0 Å². The van der Waals surface area contributed by atoms with Gasteiger partial charge >= 0.3 is 0 Å². The summed E-state index contributed by atoms with van der Waals surface area (Å²) in [7, 11) is 1.95. The van der Waals surface area contributed by atoms with Gasteiger partial charge in [0.05, 0.1) is 27.5 Å². The lowest BCUT2D eigenvalue weighted by atomic mass is 10.0. The van der Waals surface area contributed by atoms with Crippen molar-refractivity contribution >= 4 is 23.2 Å². The van der Waals surface area contributed by atoms with Gasteiger partial charge in [-0.25, -0.2) is 0 Å².